The van der Waals surface area contributed by atoms with Gasteiger partial charge in [0.1, 0.15) is 11.6 Å². The van der Waals surface area contributed by atoms with E-state index in [1.54, 1.807) is 6.92 Å². The highest BCUT2D eigenvalue weighted by Crippen LogP contribution is 2.02. The Labute approximate surface area is 101 Å². The lowest BCUT2D eigenvalue weighted by molar-refractivity contribution is -0.119. The van der Waals surface area contributed by atoms with Gasteiger partial charge in [-0.1, -0.05) is 27.7 Å². The number of hydrogen-bond donors (Lipinski definition) is 0. The summed E-state index contributed by atoms with van der Waals surface area (Å²) in [6.45, 7) is 9.97. The molecule has 0 saturated carbocycles. The predicted octanol–water partition coefficient (Wildman–Crippen LogP) is 4.17. The zero-order valence-electron chi connectivity index (χ0n) is 11.6. The van der Waals surface area contributed by atoms with Crippen molar-refractivity contribution in [3.05, 3.63) is 0 Å². The Morgan fingerprint density at radius 2 is 1.38 bits per heavy atom. The van der Waals surface area contributed by atoms with Crippen molar-refractivity contribution in [3.8, 4) is 0 Å². The van der Waals surface area contributed by atoms with Crippen LogP contribution < -0.4 is 0 Å². The molecule has 0 spiro atoms. The lowest BCUT2D eigenvalue weighted by Crippen LogP contribution is -1.93. The van der Waals surface area contributed by atoms with Crippen LogP contribution in [0.3, 0.4) is 0 Å². The average molecular weight is 228 g/mol. The van der Waals surface area contributed by atoms with E-state index in [0.29, 0.717) is 17.5 Å². The van der Waals surface area contributed by atoms with Gasteiger partial charge in [-0.2, -0.15) is 0 Å². The molecule has 0 atom stereocenters. The summed E-state index contributed by atoms with van der Waals surface area (Å²) in [4.78, 5) is 21.0. The normalized spacial score (nSPS) is 9.62. The first-order chi connectivity index (χ1) is 7.43. The second-order valence-corrected chi connectivity index (χ2v) is 4.67. The van der Waals surface area contributed by atoms with Crippen LogP contribution in [-0.4, -0.2) is 11.6 Å². The third-order valence-electron chi connectivity index (χ3n) is 2.13. The molecule has 2 heteroatoms. The molecule has 0 rings (SSSR count). The van der Waals surface area contributed by atoms with Crippen LogP contribution in [0.2, 0.25) is 0 Å². The van der Waals surface area contributed by atoms with Crippen molar-refractivity contribution >= 4 is 11.6 Å². The highest BCUT2D eigenvalue weighted by Gasteiger charge is 1.95. The van der Waals surface area contributed by atoms with Crippen LogP contribution in [0.5, 0.6) is 0 Å². The van der Waals surface area contributed by atoms with E-state index in [-0.39, 0.29) is 0 Å². The van der Waals surface area contributed by atoms with Crippen LogP contribution >= 0.6 is 0 Å². The highest BCUT2D eigenvalue weighted by atomic mass is 16.1. The number of Topliss-reactive ketones (excluding diaryl/α,β-unsaturated/α-hetero) is 2. The van der Waals surface area contributed by atoms with Gasteiger partial charge in [-0.3, -0.25) is 4.79 Å². The zero-order chi connectivity index (χ0) is 13.0. The Morgan fingerprint density at radius 1 is 0.938 bits per heavy atom. The molecule has 0 aliphatic heterocycles. The number of carbonyl (C=O) groups excluding carboxylic acids is 2. The molecule has 0 bridgehead atoms. The SMILES string of the molecule is CC(=O)CCC(C)C.CCCC(=O)CCC. The van der Waals surface area contributed by atoms with Crippen molar-refractivity contribution in [2.24, 2.45) is 5.92 Å². The Kier molecular flexibility index (Phi) is 13.7. The Bertz CT molecular complexity index is 175. The topological polar surface area (TPSA) is 34.1 Å². The van der Waals surface area contributed by atoms with Crippen molar-refractivity contribution in [1.29, 1.82) is 0 Å². The van der Waals surface area contributed by atoms with Crippen molar-refractivity contribution in [2.75, 3.05) is 0 Å². The van der Waals surface area contributed by atoms with E-state index in [2.05, 4.69) is 13.8 Å². The van der Waals surface area contributed by atoms with Crippen LogP contribution in [0.1, 0.15) is 73.1 Å². The molecule has 0 aromatic heterocycles. The van der Waals surface area contributed by atoms with Gasteiger partial charge in [-0.25, -0.2) is 0 Å². The first-order valence-corrected chi connectivity index (χ1v) is 6.45. The number of rotatable bonds is 7. The first-order valence-electron chi connectivity index (χ1n) is 6.45. The molecule has 0 aliphatic carbocycles. The molecule has 96 valence electrons. The molecule has 0 fully saturated rings. The maximum Gasteiger partial charge on any atom is 0.132 e. The van der Waals surface area contributed by atoms with Crippen LogP contribution in [0.4, 0.5) is 0 Å². The lowest BCUT2D eigenvalue weighted by Gasteiger charge is -1.98. The molecule has 2 nitrogen and oxygen atoms in total. The maximum atomic E-state index is 10.6. The van der Waals surface area contributed by atoms with Gasteiger partial charge in [0.15, 0.2) is 0 Å². The Morgan fingerprint density at radius 3 is 1.56 bits per heavy atom. The molecule has 16 heavy (non-hydrogen) atoms. The number of hydrogen-bond acceptors (Lipinski definition) is 2. The lowest BCUT2D eigenvalue weighted by atomic mass is 10.1. The van der Waals surface area contributed by atoms with Gasteiger partial charge in [0.25, 0.3) is 0 Å². The van der Waals surface area contributed by atoms with Crippen molar-refractivity contribution in [1.82, 2.24) is 0 Å². The van der Waals surface area contributed by atoms with E-state index in [1.807, 2.05) is 13.8 Å². The fraction of sp³-hybridized carbons (Fsp3) is 0.857. The molecular formula is C14H28O2. The van der Waals surface area contributed by atoms with Crippen LogP contribution in [0, 0.1) is 5.92 Å². The molecule has 0 aliphatic rings. The Balaban J connectivity index is 0. The molecule has 0 heterocycles. The second kappa shape index (κ2) is 12.4. The standard InChI is InChI=1S/2C7H14O/c1-6(2)4-5-7(3)8;1-3-5-7(8)6-4-2/h6H,4-5H2,1-3H3;3-6H2,1-2H3. The monoisotopic (exact) mass is 228 g/mol. The fourth-order valence-electron chi connectivity index (χ4n) is 1.17. The van der Waals surface area contributed by atoms with E-state index in [1.165, 1.54) is 0 Å². The number of ketones is 2. The molecule has 0 saturated heterocycles. The largest absolute Gasteiger partial charge is 0.300 e. The van der Waals surface area contributed by atoms with Crippen molar-refractivity contribution in [2.45, 2.75) is 73.1 Å². The van der Waals surface area contributed by atoms with Crippen LogP contribution in [0.15, 0.2) is 0 Å². The highest BCUT2D eigenvalue weighted by molar-refractivity contribution is 5.78. The summed E-state index contributed by atoms with van der Waals surface area (Å²) >= 11 is 0. The summed E-state index contributed by atoms with van der Waals surface area (Å²) < 4.78 is 0. The molecule has 0 unspecified atom stereocenters. The van der Waals surface area contributed by atoms with E-state index in [4.69, 9.17) is 0 Å². The first kappa shape index (κ1) is 17.7. The van der Waals surface area contributed by atoms with Gasteiger partial charge in [0.05, 0.1) is 0 Å². The smallest absolute Gasteiger partial charge is 0.132 e. The molecule has 0 aromatic carbocycles. The van der Waals surface area contributed by atoms with Gasteiger partial charge < -0.3 is 4.79 Å². The number of carbonyl (C=O) groups is 2. The summed E-state index contributed by atoms with van der Waals surface area (Å²) in [5, 5.41) is 0. The van der Waals surface area contributed by atoms with Crippen molar-refractivity contribution < 1.29 is 9.59 Å². The third-order valence-corrected chi connectivity index (χ3v) is 2.13. The zero-order valence-corrected chi connectivity index (χ0v) is 11.6. The molecule has 0 amide bonds. The predicted molar refractivity (Wildman–Crippen MR) is 69.6 cm³/mol. The van der Waals surface area contributed by atoms with Crippen LogP contribution in [-0.2, 0) is 9.59 Å². The summed E-state index contributed by atoms with van der Waals surface area (Å²) in [7, 11) is 0. The second-order valence-electron chi connectivity index (χ2n) is 4.67. The quantitative estimate of drug-likeness (QED) is 0.655. The summed E-state index contributed by atoms with van der Waals surface area (Å²) in [6.07, 6.45) is 5.33. The molecule has 0 radical (unpaired) electrons. The van der Waals surface area contributed by atoms with E-state index < -0.39 is 0 Å². The van der Waals surface area contributed by atoms with E-state index in [0.717, 1.165) is 38.5 Å². The van der Waals surface area contributed by atoms with E-state index in [9.17, 15) is 9.59 Å². The molecule has 0 N–H and O–H groups in total. The van der Waals surface area contributed by atoms with Gasteiger partial charge >= 0.3 is 0 Å². The minimum absolute atomic E-state index is 0.304. The average Bonchev–Trinajstić information content (AvgIpc) is 2.16. The third kappa shape index (κ3) is 19.0. The van der Waals surface area contributed by atoms with Crippen LogP contribution in [0.25, 0.3) is 0 Å². The summed E-state index contributed by atoms with van der Waals surface area (Å²) in [6, 6.07) is 0. The van der Waals surface area contributed by atoms with Gasteiger partial charge in [0.2, 0.25) is 0 Å². The molecule has 0 aromatic rings. The van der Waals surface area contributed by atoms with Gasteiger partial charge in [0, 0.05) is 19.3 Å². The Hall–Kier alpha value is -0.660. The van der Waals surface area contributed by atoms with Gasteiger partial charge in [-0.15, -0.1) is 0 Å². The van der Waals surface area contributed by atoms with Crippen molar-refractivity contribution in [3.63, 3.8) is 0 Å². The summed E-state index contributed by atoms with van der Waals surface area (Å²) in [5.41, 5.74) is 0. The minimum Gasteiger partial charge on any atom is -0.300 e. The fourth-order valence-corrected chi connectivity index (χ4v) is 1.17. The maximum absolute atomic E-state index is 10.6. The minimum atomic E-state index is 0.304. The van der Waals surface area contributed by atoms with E-state index >= 15 is 0 Å². The summed E-state index contributed by atoms with van der Waals surface area (Å²) in [5.74, 6) is 1.38. The van der Waals surface area contributed by atoms with Gasteiger partial charge in [-0.05, 0) is 32.1 Å². The molecular weight excluding hydrogens is 200 g/mol.